The summed E-state index contributed by atoms with van der Waals surface area (Å²) in [5.74, 6) is 2.05. The van der Waals surface area contributed by atoms with Crippen molar-refractivity contribution in [1.82, 2.24) is 0 Å². The summed E-state index contributed by atoms with van der Waals surface area (Å²) in [5, 5.41) is 10.6. The minimum absolute atomic E-state index is 0.250. The molecule has 1 atom stereocenters. The molecule has 118 valence electrons. The van der Waals surface area contributed by atoms with Crippen LogP contribution in [0.1, 0.15) is 45.4 Å². The Hall–Kier alpha value is -0.230. The van der Waals surface area contributed by atoms with Gasteiger partial charge in [0.1, 0.15) is 0 Å². The Morgan fingerprint density at radius 3 is 2.10 bits per heavy atom. The summed E-state index contributed by atoms with van der Waals surface area (Å²) >= 11 is 1.53. The van der Waals surface area contributed by atoms with Crippen LogP contribution in [0.25, 0.3) is 0 Å². The van der Waals surface area contributed by atoms with Gasteiger partial charge in [0.2, 0.25) is 0 Å². The number of rotatable bonds is 0. The smallest absolute Gasteiger partial charge is 0.362 e. The van der Waals surface area contributed by atoms with Crippen LogP contribution in [0.15, 0.2) is 4.99 Å². The Morgan fingerprint density at radius 1 is 1.10 bits per heavy atom. The SMILES string of the molecule is CC1=NC(O)(C(F)(F)F)CC2(S1)C1CC3CC(C1)CC2C3. The van der Waals surface area contributed by atoms with E-state index in [9.17, 15) is 18.3 Å². The average molecular weight is 319 g/mol. The molecule has 4 fully saturated rings. The molecule has 0 radical (unpaired) electrons. The van der Waals surface area contributed by atoms with Crippen LogP contribution >= 0.6 is 11.8 Å². The molecule has 4 aliphatic carbocycles. The maximum Gasteiger partial charge on any atom is 0.438 e. The summed E-state index contributed by atoms with van der Waals surface area (Å²) in [4.78, 5) is 3.60. The molecule has 1 aliphatic heterocycles. The van der Waals surface area contributed by atoms with Gasteiger partial charge in [0, 0.05) is 11.2 Å². The molecule has 21 heavy (non-hydrogen) atoms. The number of thioether (sulfide) groups is 1. The lowest BCUT2D eigenvalue weighted by Crippen LogP contribution is -2.62. The van der Waals surface area contributed by atoms with Crippen LogP contribution in [-0.4, -0.2) is 26.8 Å². The van der Waals surface area contributed by atoms with Crippen LogP contribution < -0.4 is 0 Å². The fraction of sp³-hybridized carbons (Fsp3) is 0.933. The van der Waals surface area contributed by atoms with Gasteiger partial charge in [-0.25, -0.2) is 4.99 Å². The molecule has 5 aliphatic rings. The van der Waals surface area contributed by atoms with Crippen LogP contribution in [0.5, 0.6) is 0 Å². The molecule has 1 spiro atoms. The first kappa shape index (κ1) is 14.4. The molecule has 6 heteroatoms. The van der Waals surface area contributed by atoms with E-state index in [0.29, 0.717) is 28.7 Å². The van der Waals surface area contributed by atoms with Gasteiger partial charge in [0.15, 0.2) is 0 Å². The number of alkyl halides is 3. The zero-order valence-corrected chi connectivity index (χ0v) is 12.8. The fourth-order valence-electron chi connectivity index (χ4n) is 5.62. The molecule has 1 N–H and O–H groups in total. The molecule has 0 aromatic heterocycles. The summed E-state index contributed by atoms with van der Waals surface area (Å²) in [6.45, 7) is 1.62. The maximum atomic E-state index is 13.3. The van der Waals surface area contributed by atoms with Gasteiger partial charge in [-0.3, -0.25) is 0 Å². The first-order valence-corrected chi connectivity index (χ1v) is 8.58. The summed E-state index contributed by atoms with van der Waals surface area (Å²) in [6, 6.07) is 0. The van der Waals surface area contributed by atoms with E-state index in [1.54, 1.807) is 6.92 Å². The van der Waals surface area contributed by atoms with Gasteiger partial charge in [-0.15, -0.1) is 11.8 Å². The Bertz CT molecular complexity index is 476. The lowest BCUT2D eigenvalue weighted by Gasteiger charge is -2.63. The van der Waals surface area contributed by atoms with E-state index in [0.717, 1.165) is 25.7 Å². The Labute approximate surface area is 126 Å². The Morgan fingerprint density at radius 2 is 1.62 bits per heavy atom. The first-order chi connectivity index (χ1) is 9.72. The van der Waals surface area contributed by atoms with Crippen molar-refractivity contribution in [3.05, 3.63) is 0 Å². The predicted molar refractivity (Wildman–Crippen MR) is 76.1 cm³/mol. The van der Waals surface area contributed by atoms with Crippen molar-refractivity contribution in [3.8, 4) is 0 Å². The van der Waals surface area contributed by atoms with Gasteiger partial charge in [0.05, 0.1) is 5.04 Å². The largest absolute Gasteiger partial charge is 0.438 e. The monoisotopic (exact) mass is 319 g/mol. The lowest BCUT2D eigenvalue weighted by atomic mass is 9.50. The highest BCUT2D eigenvalue weighted by molar-refractivity contribution is 8.15. The number of hydrogen-bond donors (Lipinski definition) is 1. The fourth-order valence-corrected chi connectivity index (χ4v) is 7.36. The molecule has 0 aromatic rings. The second-order valence-corrected chi connectivity index (χ2v) is 9.04. The van der Waals surface area contributed by atoms with Gasteiger partial charge in [-0.2, -0.15) is 13.2 Å². The van der Waals surface area contributed by atoms with Crippen molar-refractivity contribution in [1.29, 1.82) is 0 Å². The summed E-state index contributed by atoms with van der Waals surface area (Å²) in [5.41, 5.74) is -2.88. The van der Waals surface area contributed by atoms with Crippen molar-refractivity contribution >= 4 is 16.8 Å². The topological polar surface area (TPSA) is 32.6 Å². The summed E-state index contributed by atoms with van der Waals surface area (Å²) < 4.78 is 39.6. The summed E-state index contributed by atoms with van der Waals surface area (Å²) in [7, 11) is 0. The highest BCUT2D eigenvalue weighted by Crippen LogP contribution is 2.66. The van der Waals surface area contributed by atoms with E-state index in [4.69, 9.17) is 0 Å². The molecule has 2 nitrogen and oxygen atoms in total. The zero-order chi connectivity index (χ0) is 15.0. The van der Waals surface area contributed by atoms with Crippen molar-refractivity contribution in [3.63, 3.8) is 0 Å². The Kier molecular flexibility index (Phi) is 2.87. The third kappa shape index (κ3) is 1.94. The maximum absolute atomic E-state index is 13.3. The van der Waals surface area contributed by atoms with E-state index in [2.05, 4.69) is 4.99 Å². The van der Waals surface area contributed by atoms with E-state index in [1.807, 2.05) is 0 Å². The number of hydrogen-bond acceptors (Lipinski definition) is 3. The van der Waals surface area contributed by atoms with Crippen LogP contribution in [-0.2, 0) is 0 Å². The first-order valence-electron chi connectivity index (χ1n) is 7.76. The third-order valence-corrected chi connectivity index (χ3v) is 7.75. The van der Waals surface area contributed by atoms with Gasteiger partial charge < -0.3 is 5.11 Å². The molecular formula is C15H20F3NOS. The van der Waals surface area contributed by atoms with Crippen molar-refractivity contribution in [2.24, 2.45) is 28.7 Å². The number of nitrogens with zero attached hydrogens (tertiary/aromatic N) is 1. The number of aliphatic hydroxyl groups is 1. The van der Waals surface area contributed by atoms with E-state index < -0.39 is 16.6 Å². The number of halogens is 3. The molecule has 4 bridgehead atoms. The highest BCUT2D eigenvalue weighted by Gasteiger charge is 2.66. The van der Waals surface area contributed by atoms with Crippen LogP contribution in [0.4, 0.5) is 13.2 Å². The molecule has 0 saturated heterocycles. The molecule has 0 amide bonds. The van der Waals surface area contributed by atoms with Crippen molar-refractivity contribution in [2.75, 3.05) is 0 Å². The molecule has 5 rings (SSSR count). The molecule has 4 saturated carbocycles. The predicted octanol–water partition coefficient (Wildman–Crippen LogP) is 3.99. The van der Waals surface area contributed by atoms with Crippen LogP contribution in [0.2, 0.25) is 0 Å². The lowest BCUT2D eigenvalue weighted by molar-refractivity contribution is -0.266. The third-order valence-electron chi connectivity index (χ3n) is 6.18. The molecular weight excluding hydrogens is 299 g/mol. The second kappa shape index (κ2) is 4.19. The van der Waals surface area contributed by atoms with Gasteiger partial charge in [0.25, 0.3) is 5.72 Å². The van der Waals surface area contributed by atoms with E-state index in [1.165, 1.54) is 18.2 Å². The molecule has 1 unspecified atom stereocenters. The van der Waals surface area contributed by atoms with E-state index >= 15 is 0 Å². The van der Waals surface area contributed by atoms with Crippen LogP contribution in [0.3, 0.4) is 0 Å². The van der Waals surface area contributed by atoms with Crippen LogP contribution in [0, 0.1) is 23.7 Å². The molecule has 0 aromatic carbocycles. The normalized spacial score (nSPS) is 52.3. The molecule has 1 heterocycles. The van der Waals surface area contributed by atoms with Crippen molar-refractivity contribution in [2.45, 2.75) is 62.1 Å². The summed E-state index contributed by atoms with van der Waals surface area (Å²) in [6.07, 6.45) is 0.506. The quantitative estimate of drug-likeness (QED) is 0.732. The number of aliphatic imine (C=N–C) groups is 1. The van der Waals surface area contributed by atoms with Gasteiger partial charge >= 0.3 is 6.18 Å². The highest BCUT2D eigenvalue weighted by atomic mass is 32.2. The van der Waals surface area contributed by atoms with Gasteiger partial charge in [-0.05, 0) is 62.7 Å². The van der Waals surface area contributed by atoms with Gasteiger partial charge in [-0.1, -0.05) is 0 Å². The minimum Gasteiger partial charge on any atom is -0.362 e. The minimum atomic E-state index is -4.68. The zero-order valence-electron chi connectivity index (χ0n) is 12.0. The average Bonchev–Trinajstić information content (AvgIpc) is 2.33. The second-order valence-electron chi connectivity index (χ2n) is 7.48. The Balaban J connectivity index is 1.74. The van der Waals surface area contributed by atoms with Crippen molar-refractivity contribution < 1.29 is 18.3 Å². The standard InChI is InChI=1S/C15H20F3NOS/c1-8-19-14(20,15(16,17)18)7-13(21-8)11-3-9-2-10(5-11)6-12(13)4-9/h9-12,20H,2-7H2,1H3. The van der Waals surface area contributed by atoms with E-state index in [-0.39, 0.29) is 6.42 Å².